The average molecular weight is 595 g/mol. The number of phenolic OH excluding ortho intramolecular Hbond substituents is 1. The van der Waals surface area contributed by atoms with E-state index in [1.807, 2.05) is 12.1 Å². The SMILES string of the molecule is CC(O)O.CC(O)O.CN1CCN(Cc2cc(C#N)cc(CN3CCN(C)CC3)c2O)CC1.[Cu+2].[Cu+]. The van der Waals surface area contributed by atoms with Crippen LogP contribution in [0.15, 0.2) is 12.1 Å². The van der Waals surface area contributed by atoms with Crippen molar-refractivity contribution in [3.8, 4) is 11.8 Å². The second kappa shape index (κ2) is 19.4. The van der Waals surface area contributed by atoms with E-state index in [-0.39, 0.29) is 34.1 Å². The predicted molar refractivity (Wildman–Crippen MR) is 126 cm³/mol. The van der Waals surface area contributed by atoms with Gasteiger partial charge in [0.05, 0.1) is 11.6 Å². The molecule has 0 unspecified atom stereocenters. The van der Waals surface area contributed by atoms with Crippen molar-refractivity contribution < 1.29 is 59.7 Å². The monoisotopic (exact) mass is 593 g/mol. The molecule has 0 saturated carbocycles. The van der Waals surface area contributed by atoms with Crippen molar-refractivity contribution in [1.29, 1.82) is 5.26 Å². The van der Waals surface area contributed by atoms with Crippen LogP contribution in [0.3, 0.4) is 0 Å². The number of benzene rings is 1. The minimum Gasteiger partial charge on any atom is -0.507 e. The molecule has 207 valence electrons. The normalized spacial score (nSPS) is 17.3. The summed E-state index contributed by atoms with van der Waals surface area (Å²) >= 11 is 0. The molecule has 0 amide bonds. The molecule has 2 aliphatic rings. The van der Waals surface area contributed by atoms with Crippen LogP contribution < -0.4 is 0 Å². The van der Waals surface area contributed by atoms with Crippen LogP contribution in [0, 0.1) is 11.3 Å². The first kappa shape index (κ1) is 36.4. The maximum atomic E-state index is 10.8. The molecule has 12 heteroatoms. The number of rotatable bonds is 4. The number of likely N-dealkylation sites (N-methyl/N-ethyl adjacent to an activating group) is 2. The van der Waals surface area contributed by atoms with Crippen LogP contribution in [0.5, 0.6) is 5.75 Å². The van der Waals surface area contributed by atoms with Crippen LogP contribution in [-0.2, 0) is 47.2 Å². The number of phenols is 1. The molecule has 2 saturated heterocycles. The summed E-state index contributed by atoms with van der Waals surface area (Å²) in [4.78, 5) is 9.35. The van der Waals surface area contributed by atoms with Crippen molar-refractivity contribution in [2.75, 3.05) is 66.5 Å². The number of nitriles is 1. The Bertz CT molecular complexity index is 679. The molecule has 0 spiro atoms. The molecule has 2 fully saturated rings. The Hall–Kier alpha value is -0.771. The summed E-state index contributed by atoms with van der Waals surface area (Å²) in [5.41, 5.74) is 2.41. The molecule has 0 aromatic heterocycles. The molecule has 2 aliphatic heterocycles. The number of hydrogen-bond donors (Lipinski definition) is 5. The van der Waals surface area contributed by atoms with Gasteiger partial charge in [-0.25, -0.2) is 0 Å². The third kappa shape index (κ3) is 15.8. The van der Waals surface area contributed by atoms with Crippen LogP contribution in [0.2, 0.25) is 0 Å². The first-order valence-electron chi connectivity index (χ1n) is 11.3. The number of aliphatic hydroxyl groups excluding tert-OH is 2. The summed E-state index contributed by atoms with van der Waals surface area (Å²) in [6.45, 7) is 12.2. The molecule has 0 atom stereocenters. The molecular formula is C23H41Cu2N5O5+3. The van der Waals surface area contributed by atoms with E-state index in [9.17, 15) is 10.4 Å². The van der Waals surface area contributed by atoms with Crippen LogP contribution in [0.25, 0.3) is 0 Å². The van der Waals surface area contributed by atoms with E-state index < -0.39 is 12.6 Å². The molecule has 0 bridgehead atoms. The van der Waals surface area contributed by atoms with Crippen molar-refractivity contribution in [3.63, 3.8) is 0 Å². The average Bonchev–Trinajstić information content (AvgIpc) is 2.73. The Morgan fingerprint density at radius 1 is 0.771 bits per heavy atom. The van der Waals surface area contributed by atoms with E-state index in [2.05, 4.69) is 39.8 Å². The van der Waals surface area contributed by atoms with Gasteiger partial charge in [0, 0.05) is 76.6 Å². The zero-order valence-corrected chi connectivity index (χ0v) is 22.8. The van der Waals surface area contributed by atoms with Crippen molar-refractivity contribution in [2.45, 2.75) is 39.5 Å². The van der Waals surface area contributed by atoms with Crippen molar-refractivity contribution in [3.05, 3.63) is 28.8 Å². The molecule has 1 radical (unpaired) electrons. The first-order valence-corrected chi connectivity index (χ1v) is 11.3. The van der Waals surface area contributed by atoms with Gasteiger partial charge < -0.3 is 35.3 Å². The largest absolute Gasteiger partial charge is 2.00 e. The van der Waals surface area contributed by atoms with E-state index in [4.69, 9.17) is 20.4 Å². The van der Waals surface area contributed by atoms with Crippen molar-refractivity contribution in [1.82, 2.24) is 19.6 Å². The summed E-state index contributed by atoms with van der Waals surface area (Å²) in [6, 6.07) is 5.96. The summed E-state index contributed by atoms with van der Waals surface area (Å²) in [7, 11) is 4.28. The smallest absolute Gasteiger partial charge is 0.507 e. The third-order valence-corrected chi connectivity index (χ3v) is 5.38. The van der Waals surface area contributed by atoms with Crippen molar-refractivity contribution >= 4 is 0 Å². The van der Waals surface area contributed by atoms with E-state index in [1.54, 1.807) is 0 Å². The Balaban J connectivity index is 0. The maximum absolute atomic E-state index is 10.8. The second-order valence-electron chi connectivity index (χ2n) is 8.68. The zero-order chi connectivity index (χ0) is 25.0. The quantitative estimate of drug-likeness (QED) is 0.227. The van der Waals surface area contributed by atoms with Gasteiger partial charge in [0.15, 0.2) is 0 Å². The Morgan fingerprint density at radius 2 is 1.06 bits per heavy atom. The first-order chi connectivity index (χ1) is 15.5. The standard InChI is InChI=1S/C19H29N5O.2C2H6O2.2Cu/c1-21-3-7-23(8-4-21)14-17-11-16(13-20)12-18(19(17)25)15-24-9-5-22(2)6-10-24;2*1-2(3)4;;/h11-12,25H,3-10,14-15H2,1-2H3;2*2-4H,1H3;;/q;;;+1;+2. The summed E-state index contributed by atoms with van der Waals surface area (Å²) in [5.74, 6) is 0.372. The predicted octanol–water partition coefficient (Wildman–Crippen LogP) is -0.612. The molecule has 1 aromatic rings. The molecule has 2 heterocycles. The summed E-state index contributed by atoms with van der Waals surface area (Å²) < 4.78 is 0. The van der Waals surface area contributed by atoms with E-state index >= 15 is 0 Å². The van der Waals surface area contributed by atoms with E-state index in [0.717, 1.165) is 63.5 Å². The molecular weight excluding hydrogens is 553 g/mol. The van der Waals surface area contributed by atoms with E-state index in [1.165, 1.54) is 13.8 Å². The van der Waals surface area contributed by atoms with Gasteiger partial charge in [-0.15, -0.1) is 0 Å². The topological polar surface area (TPSA) is 138 Å². The fourth-order valence-electron chi connectivity index (χ4n) is 3.56. The Morgan fingerprint density at radius 3 is 1.31 bits per heavy atom. The fourth-order valence-corrected chi connectivity index (χ4v) is 3.56. The Kier molecular flexibility index (Phi) is 20.1. The number of piperazine rings is 2. The van der Waals surface area contributed by atoms with Gasteiger partial charge in [0.25, 0.3) is 0 Å². The van der Waals surface area contributed by atoms with Crippen LogP contribution >= 0.6 is 0 Å². The maximum Gasteiger partial charge on any atom is 2.00 e. The molecule has 1 aromatic carbocycles. The Labute approximate surface area is 230 Å². The fraction of sp³-hybridized carbons (Fsp3) is 0.696. The molecule has 10 nitrogen and oxygen atoms in total. The molecule has 0 aliphatic carbocycles. The number of hydrogen-bond acceptors (Lipinski definition) is 10. The van der Waals surface area contributed by atoms with Gasteiger partial charge >= 0.3 is 34.1 Å². The number of aliphatic hydroxyl groups is 4. The van der Waals surface area contributed by atoms with Crippen LogP contribution in [-0.4, -0.2) is 124 Å². The molecule has 35 heavy (non-hydrogen) atoms. The summed E-state index contributed by atoms with van der Waals surface area (Å²) in [5, 5.41) is 50.6. The zero-order valence-electron chi connectivity index (χ0n) is 21.0. The second-order valence-corrected chi connectivity index (χ2v) is 8.68. The molecule has 3 rings (SSSR count). The molecule has 5 N–H and O–H groups in total. The van der Waals surface area contributed by atoms with Gasteiger partial charge in [-0.3, -0.25) is 9.80 Å². The third-order valence-electron chi connectivity index (χ3n) is 5.38. The summed E-state index contributed by atoms with van der Waals surface area (Å²) in [6.07, 6.45) is -2.33. The van der Waals surface area contributed by atoms with Crippen LogP contribution in [0.4, 0.5) is 0 Å². The van der Waals surface area contributed by atoms with E-state index in [0.29, 0.717) is 24.4 Å². The van der Waals surface area contributed by atoms with Gasteiger partial charge in [0.1, 0.15) is 18.3 Å². The van der Waals surface area contributed by atoms with Gasteiger partial charge in [-0.2, -0.15) is 5.26 Å². The van der Waals surface area contributed by atoms with Gasteiger partial charge in [-0.05, 0) is 40.1 Å². The number of aromatic hydroxyl groups is 1. The van der Waals surface area contributed by atoms with Crippen molar-refractivity contribution in [2.24, 2.45) is 0 Å². The van der Waals surface area contributed by atoms with Gasteiger partial charge in [-0.1, -0.05) is 0 Å². The van der Waals surface area contributed by atoms with Gasteiger partial charge in [0.2, 0.25) is 0 Å². The minimum atomic E-state index is -1.17. The van der Waals surface area contributed by atoms with Crippen LogP contribution in [0.1, 0.15) is 30.5 Å². The minimum absolute atomic E-state index is 0. The number of nitrogens with zero attached hydrogens (tertiary/aromatic N) is 5.